The summed E-state index contributed by atoms with van der Waals surface area (Å²) in [7, 11) is 0. The lowest BCUT2D eigenvalue weighted by Gasteiger charge is -2.23. The Morgan fingerprint density at radius 1 is 0.750 bits per heavy atom. The predicted octanol–water partition coefficient (Wildman–Crippen LogP) is -1.91. The maximum absolute atomic E-state index is 10.5. The largest absolute Gasteiger partial charge is 0.480 e. The Morgan fingerprint density at radius 3 is 1.55 bits per heavy atom. The minimum Gasteiger partial charge on any atom is -0.480 e. The average Bonchev–Trinajstić information content (AvgIpc) is 2.22. The van der Waals surface area contributed by atoms with Crippen molar-refractivity contribution in [3.05, 3.63) is 6.54 Å². The summed E-state index contributed by atoms with van der Waals surface area (Å²) in [5.41, 5.74) is 0. The Morgan fingerprint density at radius 2 is 1.20 bits per heavy atom. The van der Waals surface area contributed by atoms with Gasteiger partial charge in [0, 0.05) is 13.1 Å². The van der Waals surface area contributed by atoms with Crippen LogP contribution in [-0.2, 0) is 19.2 Å². The first-order valence-corrected chi connectivity index (χ1v) is 5.40. The van der Waals surface area contributed by atoms with Crippen LogP contribution in [0, 0.1) is 6.54 Å². The van der Waals surface area contributed by atoms with Crippen LogP contribution in [0.25, 0.3) is 0 Å². The van der Waals surface area contributed by atoms with Gasteiger partial charge in [0.15, 0.2) is 0 Å². The SMILES string of the molecule is O=C(O)[CH]N(CCN(CC(=O)O)CC(=O)O)CC(=O)O. The molecule has 10 heteroatoms. The Labute approximate surface area is 113 Å². The topological polar surface area (TPSA) is 156 Å². The van der Waals surface area contributed by atoms with E-state index in [2.05, 4.69) is 0 Å². The first-order chi connectivity index (χ1) is 9.20. The van der Waals surface area contributed by atoms with Gasteiger partial charge in [0.1, 0.15) is 6.54 Å². The molecule has 0 atom stereocenters. The first-order valence-electron chi connectivity index (χ1n) is 5.40. The van der Waals surface area contributed by atoms with Crippen molar-refractivity contribution in [1.29, 1.82) is 0 Å². The fourth-order valence-corrected chi connectivity index (χ4v) is 1.39. The van der Waals surface area contributed by atoms with E-state index in [-0.39, 0.29) is 13.1 Å². The van der Waals surface area contributed by atoms with Gasteiger partial charge in [0.25, 0.3) is 0 Å². The summed E-state index contributed by atoms with van der Waals surface area (Å²) in [6, 6.07) is 0. The van der Waals surface area contributed by atoms with Crippen molar-refractivity contribution in [3.63, 3.8) is 0 Å². The van der Waals surface area contributed by atoms with Crippen LogP contribution in [0.2, 0.25) is 0 Å². The van der Waals surface area contributed by atoms with Gasteiger partial charge in [-0.1, -0.05) is 0 Å². The normalized spacial score (nSPS) is 10.7. The zero-order valence-electron chi connectivity index (χ0n) is 10.4. The van der Waals surface area contributed by atoms with Crippen LogP contribution in [0.1, 0.15) is 0 Å². The second kappa shape index (κ2) is 8.82. The van der Waals surface area contributed by atoms with Gasteiger partial charge < -0.3 is 20.4 Å². The smallest absolute Gasteiger partial charge is 0.323 e. The van der Waals surface area contributed by atoms with Crippen LogP contribution >= 0.6 is 0 Å². The van der Waals surface area contributed by atoms with Crippen LogP contribution in [0.5, 0.6) is 0 Å². The van der Waals surface area contributed by atoms with Gasteiger partial charge in [0.05, 0.1) is 19.6 Å². The number of aliphatic carboxylic acids is 4. The molecule has 0 fully saturated rings. The summed E-state index contributed by atoms with van der Waals surface area (Å²) >= 11 is 0. The summed E-state index contributed by atoms with van der Waals surface area (Å²) in [6.45, 7) is -1.25. The second-order valence-electron chi connectivity index (χ2n) is 3.83. The minimum absolute atomic E-state index is 0.102. The van der Waals surface area contributed by atoms with E-state index in [1.807, 2.05) is 0 Å². The number of nitrogens with zero attached hydrogens (tertiary/aromatic N) is 2. The van der Waals surface area contributed by atoms with E-state index in [1.165, 1.54) is 0 Å². The molecule has 0 unspecified atom stereocenters. The maximum atomic E-state index is 10.5. The maximum Gasteiger partial charge on any atom is 0.323 e. The summed E-state index contributed by atoms with van der Waals surface area (Å²) in [5.74, 6) is -5.09. The molecule has 0 bridgehead atoms. The highest BCUT2D eigenvalue weighted by molar-refractivity contribution is 5.77. The van der Waals surface area contributed by atoms with Crippen molar-refractivity contribution in [1.82, 2.24) is 9.80 Å². The number of hydrogen-bond donors (Lipinski definition) is 4. The zero-order valence-corrected chi connectivity index (χ0v) is 10.4. The lowest BCUT2D eigenvalue weighted by molar-refractivity contribution is -0.144. The molecule has 0 aliphatic heterocycles. The van der Waals surface area contributed by atoms with Gasteiger partial charge in [0.2, 0.25) is 0 Å². The highest BCUT2D eigenvalue weighted by Crippen LogP contribution is 1.97. The van der Waals surface area contributed by atoms with E-state index in [4.69, 9.17) is 20.4 Å². The molecule has 0 aromatic rings. The van der Waals surface area contributed by atoms with E-state index in [1.54, 1.807) is 0 Å². The summed E-state index contributed by atoms with van der Waals surface area (Å²) in [5, 5.41) is 34.4. The third-order valence-corrected chi connectivity index (χ3v) is 2.05. The van der Waals surface area contributed by atoms with Crippen LogP contribution in [0.3, 0.4) is 0 Å². The van der Waals surface area contributed by atoms with Crippen molar-refractivity contribution in [2.24, 2.45) is 0 Å². The van der Waals surface area contributed by atoms with Crippen LogP contribution < -0.4 is 0 Å². The third kappa shape index (κ3) is 9.79. The van der Waals surface area contributed by atoms with Gasteiger partial charge in [-0.15, -0.1) is 0 Å². The summed E-state index contributed by atoms with van der Waals surface area (Å²) in [6.07, 6.45) is 0. The molecule has 0 spiro atoms. The molecular formula is C10H15N2O8. The Bertz CT molecular complexity index is 315. The molecule has 10 nitrogen and oxygen atoms in total. The lowest BCUT2D eigenvalue weighted by atomic mass is 10.4. The van der Waals surface area contributed by atoms with Crippen molar-refractivity contribution in [2.75, 3.05) is 32.7 Å². The Balaban J connectivity index is 4.49. The molecule has 0 rings (SSSR count). The average molecular weight is 291 g/mol. The van der Waals surface area contributed by atoms with Crippen molar-refractivity contribution >= 4 is 23.9 Å². The molecular weight excluding hydrogens is 276 g/mol. The zero-order chi connectivity index (χ0) is 15.7. The first kappa shape index (κ1) is 17.8. The van der Waals surface area contributed by atoms with E-state index in [9.17, 15) is 19.2 Å². The van der Waals surface area contributed by atoms with Crippen LogP contribution in [-0.4, -0.2) is 86.8 Å². The molecule has 20 heavy (non-hydrogen) atoms. The Kier molecular flexibility index (Phi) is 7.85. The fourth-order valence-electron chi connectivity index (χ4n) is 1.39. The molecule has 113 valence electrons. The van der Waals surface area contributed by atoms with E-state index in [0.29, 0.717) is 6.54 Å². The molecule has 0 aliphatic rings. The highest BCUT2D eigenvalue weighted by atomic mass is 16.4. The monoisotopic (exact) mass is 291 g/mol. The molecule has 0 aromatic carbocycles. The second-order valence-corrected chi connectivity index (χ2v) is 3.83. The molecule has 0 aromatic heterocycles. The standard InChI is InChI=1S/C10H15N2O8/c13-7(14)3-11(4-8(15)16)1-2-12(5-9(17)18)6-10(19)20/h3H,1-2,4-6H2,(H,13,14)(H,15,16)(H,17,18)(H,19,20). The molecule has 0 heterocycles. The molecule has 0 saturated heterocycles. The lowest BCUT2D eigenvalue weighted by Crippen LogP contribution is -2.41. The summed E-state index contributed by atoms with van der Waals surface area (Å²) < 4.78 is 0. The number of hydrogen-bond acceptors (Lipinski definition) is 6. The van der Waals surface area contributed by atoms with Crippen LogP contribution in [0.15, 0.2) is 0 Å². The van der Waals surface area contributed by atoms with Crippen molar-refractivity contribution in [3.8, 4) is 0 Å². The Hall–Kier alpha value is -2.20. The fraction of sp³-hybridized carbons (Fsp3) is 0.500. The van der Waals surface area contributed by atoms with Gasteiger partial charge in [-0.25, -0.2) is 0 Å². The molecule has 4 N–H and O–H groups in total. The van der Waals surface area contributed by atoms with Crippen molar-refractivity contribution in [2.45, 2.75) is 0 Å². The molecule has 1 radical (unpaired) electrons. The highest BCUT2D eigenvalue weighted by Gasteiger charge is 2.18. The van der Waals surface area contributed by atoms with Crippen molar-refractivity contribution < 1.29 is 39.6 Å². The number of carboxylic acid groups (broad SMARTS) is 4. The molecule has 0 saturated carbocycles. The van der Waals surface area contributed by atoms with Gasteiger partial charge in [-0.2, -0.15) is 0 Å². The third-order valence-electron chi connectivity index (χ3n) is 2.05. The van der Waals surface area contributed by atoms with Gasteiger partial charge >= 0.3 is 23.9 Å². The van der Waals surface area contributed by atoms with Gasteiger partial charge in [-0.3, -0.25) is 29.0 Å². The van der Waals surface area contributed by atoms with Gasteiger partial charge in [-0.05, 0) is 0 Å². The summed E-state index contributed by atoms with van der Waals surface area (Å²) in [4.78, 5) is 44.1. The molecule has 0 aliphatic carbocycles. The minimum atomic E-state index is -1.35. The quantitative estimate of drug-likeness (QED) is 0.338. The van der Waals surface area contributed by atoms with E-state index >= 15 is 0 Å². The van der Waals surface area contributed by atoms with E-state index < -0.39 is 43.5 Å². The number of rotatable bonds is 11. The van der Waals surface area contributed by atoms with Crippen LogP contribution in [0.4, 0.5) is 0 Å². The number of carbonyl (C=O) groups is 4. The predicted molar refractivity (Wildman–Crippen MR) is 62.9 cm³/mol. The number of carboxylic acids is 4. The van der Waals surface area contributed by atoms with E-state index in [0.717, 1.165) is 9.80 Å². The molecule has 0 amide bonds.